The molecule has 3 rings (SSSR count). The van der Waals surface area contributed by atoms with Gasteiger partial charge in [-0.3, -0.25) is 0 Å². The predicted octanol–water partition coefficient (Wildman–Crippen LogP) is 3.17. The van der Waals surface area contributed by atoms with E-state index in [2.05, 4.69) is 5.16 Å². The van der Waals surface area contributed by atoms with Crippen LogP contribution in [0.5, 0.6) is 0 Å². The van der Waals surface area contributed by atoms with Gasteiger partial charge in [0.15, 0.2) is 0 Å². The van der Waals surface area contributed by atoms with Crippen LogP contribution in [0.4, 0.5) is 4.39 Å². The average Bonchev–Trinajstić information content (AvgIpc) is 3.19. The first-order valence-electron chi connectivity index (χ1n) is 6.90. The number of carbonyl (C=O) groups is 1. The third-order valence-corrected chi connectivity index (χ3v) is 4.20. The van der Waals surface area contributed by atoms with Crippen LogP contribution in [-0.4, -0.2) is 24.4 Å². The number of hydrogen-bond acceptors (Lipinski definition) is 5. The van der Waals surface area contributed by atoms with Crippen molar-refractivity contribution in [2.75, 3.05) is 6.61 Å². The molecule has 22 heavy (non-hydrogen) atoms. The van der Waals surface area contributed by atoms with Crippen LogP contribution in [0.3, 0.4) is 0 Å². The van der Waals surface area contributed by atoms with E-state index in [0.717, 1.165) is 4.88 Å². The maximum Gasteiger partial charge on any atom is 0.350 e. The van der Waals surface area contributed by atoms with E-state index in [1.807, 2.05) is 17.5 Å². The van der Waals surface area contributed by atoms with Gasteiger partial charge in [-0.2, -0.15) is 0 Å². The van der Waals surface area contributed by atoms with Gasteiger partial charge in [0.25, 0.3) is 0 Å². The van der Waals surface area contributed by atoms with Gasteiger partial charge in [-0.05, 0) is 23.6 Å². The molecular weight excluding hydrogens is 305 g/mol. The maximum atomic E-state index is 13.2. The van der Waals surface area contributed by atoms with Gasteiger partial charge >= 0.3 is 5.97 Å². The van der Waals surface area contributed by atoms with E-state index in [9.17, 15) is 9.18 Å². The van der Waals surface area contributed by atoms with E-state index in [4.69, 9.17) is 9.57 Å². The molecule has 0 radical (unpaired) electrons. The number of rotatable bonds is 5. The van der Waals surface area contributed by atoms with E-state index >= 15 is 0 Å². The Bertz CT molecular complexity index is 684. The molecule has 0 saturated heterocycles. The topological polar surface area (TPSA) is 47.9 Å². The Hall–Kier alpha value is -2.21. The lowest BCUT2D eigenvalue weighted by atomic mass is 10.1. The second-order valence-corrected chi connectivity index (χ2v) is 5.88. The van der Waals surface area contributed by atoms with Crippen molar-refractivity contribution < 1.29 is 18.8 Å². The van der Waals surface area contributed by atoms with E-state index in [0.29, 0.717) is 30.7 Å². The van der Waals surface area contributed by atoms with E-state index in [1.54, 1.807) is 23.5 Å². The van der Waals surface area contributed by atoms with Crippen LogP contribution in [0.1, 0.15) is 16.9 Å². The van der Waals surface area contributed by atoms with Gasteiger partial charge in [-0.1, -0.05) is 23.4 Å². The highest BCUT2D eigenvalue weighted by Gasteiger charge is 2.30. The summed E-state index contributed by atoms with van der Waals surface area (Å²) in [7, 11) is 0. The van der Waals surface area contributed by atoms with Crippen LogP contribution >= 0.6 is 11.3 Å². The average molecular weight is 319 g/mol. The zero-order valence-electron chi connectivity index (χ0n) is 11.7. The van der Waals surface area contributed by atoms with Crippen molar-refractivity contribution in [1.29, 1.82) is 0 Å². The number of thiophene rings is 1. The minimum Gasteiger partial charge on any atom is -0.462 e. The Morgan fingerprint density at radius 3 is 3.09 bits per heavy atom. The maximum absolute atomic E-state index is 13.2. The Morgan fingerprint density at radius 1 is 1.41 bits per heavy atom. The number of oxime groups is 1. The molecule has 1 aliphatic heterocycles. The van der Waals surface area contributed by atoms with Crippen LogP contribution in [0, 0.1) is 5.82 Å². The first-order valence-corrected chi connectivity index (χ1v) is 7.78. The lowest BCUT2D eigenvalue weighted by molar-refractivity contribution is -0.155. The molecule has 0 amide bonds. The number of hydrogen-bond donors (Lipinski definition) is 0. The molecule has 1 aromatic carbocycles. The highest BCUT2D eigenvalue weighted by molar-refractivity contribution is 7.09. The quantitative estimate of drug-likeness (QED) is 0.795. The fourth-order valence-electron chi connectivity index (χ4n) is 2.14. The summed E-state index contributed by atoms with van der Waals surface area (Å²) in [5, 5.41) is 5.84. The molecule has 2 aromatic rings. The third kappa shape index (κ3) is 3.51. The Morgan fingerprint density at radius 2 is 2.32 bits per heavy atom. The molecule has 0 unspecified atom stereocenters. The van der Waals surface area contributed by atoms with Gasteiger partial charge in [-0.25, -0.2) is 9.18 Å². The molecule has 1 atom stereocenters. The standard InChI is InChI=1S/C16H14FNO3S/c17-12-4-1-3-11(9-12)14-10-15(21-18-14)16(19)20-7-6-13-5-2-8-22-13/h1-5,8-9,15H,6-7,10H2/t15-/m0/s1. The number of nitrogens with zero attached hydrogens (tertiary/aromatic N) is 1. The molecule has 0 aliphatic carbocycles. The summed E-state index contributed by atoms with van der Waals surface area (Å²) in [6.45, 7) is 0.314. The largest absolute Gasteiger partial charge is 0.462 e. The molecule has 0 bridgehead atoms. The summed E-state index contributed by atoms with van der Waals surface area (Å²) in [5.74, 6) is -0.783. The summed E-state index contributed by atoms with van der Waals surface area (Å²) in [4.78, 5) is 18.2. The van der Waals surface area contributed by atoms with E-state index < -0.39 is 12.1 Å². The summed E-state index contributed by atoms with van der Waals surface area (Å²) < 4.78 is 18.4. The highest BCUT2D eigenvalue weighted by atomic mass is 32.1. The number of esters is 1. The Kier molecular flexibility index (Phi) is 4.48. The van der Waals surface area contributed by atoms with Gasteiger partial charge in [0.05, 0.1) is 12.3 Å². The second kappa shape index (κ2) is 6.70. The summed E-state index contributed by atoms with van der Waals surface area (Å²) in [6.07, 6.45) is 0.233. The van der Waals surface area contributed by atoms with Crippen molar-refractivity contribution in [1.82, 2.24) is 0 Å². The van der Waals surface area contributed by atoms with Crippen molar-refractivity contribution in [3.63, 3.8) is 0 Å². The first kappa shape index (κ1) is 14.7. The molecule has 6 heteroatoms. The molecule has 0 spiro atoms. The van der Waals surface area contributed by atoms with Crippen molar-refractivity contribution >= 4 is 23.0 Å². The van der Waals surface area contributed by atoms with Crippen LogP contribution in [0.15, 0.2) is 46.9 Å². The van der Waals surface area contributed by atoms with E-state index in [1.165, 1.54) is 12.1 Å². The highest BCUT2D eigenvalue weighted by Crippen LogP contribution is 2.18. The lowest BCUT2D eigenvalue weighted by Gasteiger charge is -2.08. The van der Waals surface area contributed by atoms with Gasteiger partial charge in [0, 0.05) is 23.3 Å². The zero-order valence-corrected chi connectivity index (χ0v) is 12.5. The van der Waals surface area contributed by atoms with Gasteiger partial charge in [-0.15, -0.1) is 11.3 Å². The molecule has 114 valence electrons. The van der Waals surface area contributed by atoms with Gasteiger partial charge < -0.3 is 9.57 Å². The normalized spacial score (nSPS) is 17.0. The van der Waals surface area contributed by atoms with Crippen molar-refractivity contribution in [3.8, 4) is 0 Å². The van der Waals surface area contributed by atoms with Crippen LogP contribution in [0.2, 0.25) is 0 Å². The Balaban J connectivity index is 1.49. The smallest absolute Gasteiger partial charge is 0.350 e. The molecule has 1 aromatic heterocycles. The molecule has 1 aliphatic rings. The van der Waals surface area contributed by atoms with Crippen LogP contribution in [0.25, 0.3) is 0 Å². The van der Waals surface area contributed by atoms with Gasteiger partial charge in [0.2, 0.25) is 6.10 Å². The van der Waals surface area contributed by atoms with Crippen LogP contribution < -0.4 is 0 Å². The molecule has 2 heterocycles. The van der Waals surface area contributed by atoms with Crippen molar-refractivity contribution in [2.24, 2.45) is 5.16 Å². The second-order valence-electron chi connectivity index (χ2n) is 4.84. The van der Waals surface area contributed by atoms with Gasteiger partial charge in [0.1, 0.15) is 5.82 Å². The molecule has 0 N–H and O–H groups in total. The number of carbonyl (C=O) groups excluding carboxylic acids is 1. The summed E-state index contributed by atoms with van der Waals surface area (Å²) >= 11 is 1.63. The third-order valence-electron chi connectivity index (χ3n) is 3.26. The minimum absolute atomic E-state index is 0.293. The zero-order chi connectivity index (χ0) is 15.4. The number of ether oxygens (including phenoxy) is 1. The number of benzene rings is 1. The Labute approximate surface area is 131 Å². The summed E-state index contributed by atoms with van der Waals surface area (Å²) in [5.41, 5.74) is 1.17. The molecule has 0 fully saturated rings. The SMILES string of the molecule is O=C(OCCc1cccs1)[C@@H]1CC(c2cccc(F)c2)=NO1. The lowest BCUT2D eigenvalue weighted by Crippen LogP contribution is -2.24. The van der Waals surface area contributed by atoms with Crippen molar-refractivity contribution in [2.45, 2.75) is 18.9 Å². The fourth-order valence-corrected chi connectivity index (χ4v) is 2.83. The van der Waals surface area contributed by atoms with E-state index in [-0.39, 0.29) is 5.82 Å². The number of halogens is 1. The summed E-state index contributed by atoms with van der Waals surface area (Å²) in [6, 6.07) is 10.0. The van der Waals surface area contributed by atoms with Crippen molar-refractivity contribution in [3.05, 3.63) is 58.0 Å². The molecule has 0 saturated carbocycles. The minimum atomic E-state index is -0.749. The van der Waals surface area contributed by atoms with Crippen LogP contribution in [-0.2, 0) is 20.8 Å². The molecular formula is C16H14FNO3S. The fraction of sp³-hybridized carbons (Fsp3) is 0.250. The monoisotopic (exact) mass is 319 g/mol. The predicted molar refractivity (Wildman–Crippen MR) is 81.4 cm³/mol. The molecule has 4 nitrogen and oxygen atoms in total. The first-order chi connectivity index (χ1) is 10.7.